The van der Waals surface area contributed by atoms with Gasteiger partial charge in [0.2, 0.25) is 0 Å². The van der Waals surface area contributed by atoms with Gasteiger partial charge in [0.05, 0.1) is 0 Å². The second-order valence-corrected chi connectivity index (χ2v) is 3.02. The molecule has 7 heteroatoms. The third-order valence-electron chi connectivity index (χ3n) is 1.84. The van der Waals surface area contributed by atoms with Gasteiger partial charge < -0.3 is 10.6 Å². The van der Waals surface area contributed by atoms with Crippen LogP contribution in [0.3, 0.4) is 0 Å². The smallest absolute Gasteiger partial charge is 0.405 e. The highest BCUT2D eigenvalue weighted by Crippen LogP contribution is 2.26. The number of ether oxygens (including phenoxy) is 1. The average molecular weight is 243 g/mol. The number of nitrogens with zero attached hydrogens (tertiary/aromatic N) is 2. The molecule has 0 saturated heterocycles. The van der Waals surface area contributed by atoms with E-state index in [2.05, 4.69) is 9.84 Å². The molecule has 0 heterocycles. The molecule has 4 nitrogen and oxygen atoms in total. The normalized spacial score (nSPS) is 12.0. The number of nitrogens with two attached hydrogens (primary N) is 1. The number of benzene rings is 1. The minimum atomic E-state index is -4.78. The van der Waals surface area contributed by atoms with Gasteiger partial charge in [-0.1, -0.05) is 18.2 Å². The fourth-order valence-corrected chi connectivity index (χ4v) is 1.17. The molecule has 1 aromatic rings. The van der Waals surface area contributed by atoms with Crippen molar-refractivity contribution in [3.05, 3.63) is 29.8 Å². The van der Waals surface area contributed by atoms with Crippen LogP contribution in [0.4, 0.5) is 13.2 Å². The van der Waals surface area contributed by atoms with Crippen molar-refractivity contribution in [3.63, 3.8) is 0 Å². The minimum absolute atomic E-state index is 0.0803. The van der Waals surface area contributed by atoms with E-state index >= 15 is 0 Å². The molecule has 17 heavy (non-hydrogen) atoms. The van der Waals surface area contributed by atoms with Crippen molar-refractivity contribution in [2.45, 2.75) is 12.8 Å². The van der Waals surface area contributed by atoms with Gasteiger partial charge in [0.15, 0.2) is 0 Å². The van der Waals surface area contributed by atoms with Crippen LogP contribution in [-0.4, -0.2) is 12.1 Å². The lowest BCUT2D eigenvalue weighted by molar-refractivity contribution is -0.274. The standard InChI is InChI=1S/C10H8F3N3O/c11-10(12,13)17-9-4-2-1-3-7(9)5-8(6-14)16-15/h1-4H,5,15H2. The Hall–Kier alpha value is -2.23. The zero-order valence-corrected chi connectivity index (χ0v) is 8.53. The second-order valence-electron chi connectivity index (χ2n) is 3.02. The first-order valence-electron chi connectivity index (χ1n) is 4.47. The number of rotatable bonds is 3. The summed E-state index contributed by atoms with van der Waals surface area (Å²) in [4.78, 5) is 0. The molecule has 0 aliphatic heterocycles. The molecule has 2 N–H and O–H groups in total. The zero-order valence-electron chi connectivity index (χ0n) is 8.53. The van der Waals surface area contributed by atoms with E-state index in [0.29, 0.717) is 0 Å². The Labute approximate surface area is 95.1 Å². The molecule has 90 valence electrons. The topological polar surface area (TPSA) is 71.4 Å². The molecule has 0 fully saturated rings. The van der Waals surface area contributed by atoms with Crippen molar-refractivity contribution in [3.8, 4) is 11.8 Å². The number of para-hydroxylation sites is 1. The summed E-state index contributed by atoms with van der Waals surface area (Å²) >= 11 is 0. The van der Waals surface area contributed by atoms with Crippen molar-refractivity contribution in [1.82, 2.24) is 0 Å². The largest absolute Gasteiger partial charge is 0.573 e. The Morgan fingerprint density at radius 2 is 2.06 bits per heavy atom. The summed E-state index contributed by atoms with van der Waals surface area (Å²) in [5.41, 5.74) is 0.110. The van der Waals surface area contributed by atoms with Crippen molar-refractivity contribution >= 4 is 5.71 Å². The Kier molecular flexibility index (Phi) is 3.93. The summed E-state index contributed by atoms with van der Waals surface area (Å²) in [5, 5.41) is 11.7. The summed E-state index contributed by atoms with van der Waals surface area (Å²) in [6.07, 6.45) is -4.89. The van der Waals surface area contributed by atoms with Gasteiger partial charge in [0.1, 0.15) is 17.5 Å². The maximum atomic E-state index is 12.1. The number of hydrazone groups is 1. The summed E-state index contributed by atoms with van der Waals surface area (Å²) in [7, 11) is 0. The summed E-state index contributed by atoms with van der Waals surface area (Å²) in [6, 6.07) is 7.18. The van der Waals surface area contributed by atoms with Crippen LogP contribution in [0.25, 0.3) is 0 Å². The molecule has 0 saturated carbocycles. The lowest BCUT2D eigenvalue weighted by Crippen LogP contribution is -2.18. The molecule has 1 aromatic carbocycles. The molecule has 0 unspecified atom stereocenters. The highest BCUT2D eigenvalue weighted by atomic mass is 19.4. The van der Waals surface area contributed by atoms with Gasteiger partial charge >= 0.3 is 6.36 Å². The first-order chi connectivity index (χ1) is 7.96. The number of halogens is 3. The van der Waals surface area contributed by atoms with E-state index < -0.39 is 6.36 Å². The Bertz CT molecular complexity index is 463. The van der Waals surface area contributed by atoms with Crippen LogP contribution < -0.4 is 10.6 Å². The van der Waals surface area contributed by atoms with Crippen LogP contribution >= 0.6 is 0 Å². The summed E-state index contributed by atoms with van der Waals surface area (Å²) < 4.78 is 40.1. The minimum Gasteiger partial charge on any atom is -0.405 e. The van der Waals surface area contributed by atoms with E-state index in [0.717, 1.165) is 6.07 Å². The molecule has 0 spiro atoms. The maximum Gasteiger partial charge on any atom is 0.573 e. The van der Waals surface area contributed by atoms with E-state index in [1.54, 1.807) is 6.07 Å². The van der Waals surface area contributed by atoms with Crippen LogP contribution in [-0.2, 0) is 6.42 Å². The number of hydrogen-bond donors (Lipinski definition) is 1. The predicted molar refractivity (Wildman–Crippen MR) is 54.1 cm³/mol. The summed E-state index contributed by atoms with van der Waals surface area (Å²) in [6.45, 7) is 0. The molecule has 0 atom stereocenters. The molecule has 0 aromatic heterocycles. The predicted octanol–water partition coefficient (Wildman–Crippen LogP) is 1.97. The Morgan fingerprint density at radius 3 is 2.59 bits per heavy atom. The Morgan fingerprint density at radius 1 is 1.41 bits per heavy atom. The van der Waals surface area contributed by atoms with E-state index in [9.17, 15) is 13.2 Å². The van der Waals surface area contributed by atoms with Crippen molar-refractivity contribution < 1.29 is 17.9 Å². The molecule has 0 aliphatic rings. The fourth-order valence-electron chi connectivity index (χ4n) is 1.17. The van der Waals surface area contributed by atoms with Crippen LogP contribution in [0.15, 0.2) is 29.4 Å². The molecule has 0 aliphatic carbocycles. The first kappa shape index (κ1) is 12.8. The van der Waals surface area contributed by atoms with E-state index in [1.807, 2.05) is 0 Å². The molecule has 0 radical (unpaired) electrons. The SMILES string of the molecule is N#CC(Cc1ccccc1OC(F)(F)F)=NN. The average Bonchev–Trinajstić information content (AvgIpc) is 2.26. The van der Waals surface area contributed by atoms with E-state index in [1.165, 1.54) is 18.2 Å². The van der Waals surface area contributed by atoms with Crippen molar-refractivity contribution in [2.24, 2.45) is 10.9 Å². The first-order valence-corrected chi connectivity index (χ1v) is 4.47. The lowest BCUT2D eigenvalue weighted by Gasteiger charge is -2.12. The van der Waals surface area contributed by atoms with Crippen LogP contribution in [0.2, 0.25) is 0 Å². The van der Waals surface area contributed by atoms with Crippen molar-refractivity contribution in [2.75, 3.05) is 0 Å². The maximum absolute atomic E-state index is 12.1. The number of hydrogen-bond acceptors (Lipinski definition) is 4. The van der Waals surface area contributed by atoms with E-state index in [-0.39, 0.29) is 23.4 Å². The zero-order chi connectivity index (χ0) is 12.9. The highest BCUT2D eigenvalue weighted by Gasteiger charge is 2.32. The van der Waals surface area contributed by atoms with Gasteiger partial charge in [0, 0.05) is 12.0 Å². The molecular formula is C10H8F3N3O. The highest BCUT2D eigenvalue weighted by molar-refractivity contribution is 5.99. The van der Waals surface area contributed by atoms with E-state index in [4.69, 9.17) is 11.1 Å². The second kappa shape index (κ2) is 5.21. The molecule has 1 rings (SSSR count). The molecular weight excluding hydrogens is 235 g/mol. The van der Waals surface area contributed by atoms with Gasteiger partial charge in [-0.05, 0) is 6.07 Å². The summed E-state index contributed by atoms with van der Waals surface area (Å²) in [5.74, 6) is 4.55. The van der Waals surface area contributed by atoms with Crippen LogP contribution in [0.5, 0.6) is 5.75 Å². The third kappa shape index (κ3) is 4.03. The van der Waals surface area contributed by atoms with Crippen LogP contribution in [0, 0.1) is 11.3 Å². The third-order valence-corrected chi connectivity index (χ3v) is 1.84. The van der Waals surface area contributed by atoms with Gasteiger partial charge in [-0.2, -0.15) is 10.4 Å². The van der Waals surface area contributed by atoms with Crippen LogP contribution in [0.1, 0.15) is 5.56 Å². The molecule has 0 bridgehead atoms. The Balaban J connectivity index is 2.97. The van der Waals surface area contributed by atoms with Gasteiger partial charge in [0.25, 0.3) is 0 Å². The van der Waals surface area contributed by atoms with Gasteiger partial charge in [-0.15, -0.1) is 13.2 Å². The monoisotopic (exact) mass is 243 g/mol. The fraction of sp³-hybridized carbons (Fsp3) is 0.200. The van der Waals surface area contributed by atoms with Gasteiger partial charge in [-0.3, -0.25) is 0 Å². The lowest BCUT2D eigenvalue weighted by atomic mass is 10.1. The van der Waals surface area contributed by atoms with Gasteiger partial charge in [-0.25, -0.2) is 0 Å². The molecule has 0 amide bonds. The number of nitriles is 1. The van der Waals surface area contributed by atoms with Crippen molar-refractivity contribution in [1.29, 1.82) is 5.26 Å². The quantitative estimate of drug-likeness (QED) is 0.501. The number of alkyl halides is 3.